The molecule has 0 aliphatic carbocycles. The molecule has 0 bridgehead atoms. The van der Waals surface area contributed by atoms with E-state index >= 15 is 0 Å². The maximum Gasteiger partial charge on any atom is 0.222 e. The minimum Gasteiger partial charge on any atom is -0.369 e. The van der Waals surface area contributed by atoms with E-state index in [4.69, 9.17) is 10.7 Å². The van der Waals surface area contributed by atoms with Crippen molar-refractivity contribution in [3.63, 3.8) is 0 Å². The van der Waals surface area contributed by atoms with Crippen molar-refractivity contribution in [2.24, 2.45) is 32.9 Å². The Bertz CT molecular complexity index is 594. The second-order valence-electron chi connectivity index (χ2n) is 10.5. The molecule has 2 atom stereocenters. The summed E-state index contributed by atoms with van der Waals surface area (Å²) in [6.45, 7) is 20.8. The van der Waals surface area contributed by atoms with E-state index in [1.54, 1.807) is 0 Å². The molecule has 0 aromatic carbocycles. The van der Waals surface area contributed by atoms with Gasteiger partial charge in [-0.15, -0.1) is 0 Å². The van der Waals surface area contributed by atoms with Gasteiger partial charge in [-0.2, -0.15) is 0 Å². The van der Waals surface area contributed by atoms with Crippen LogP contribution in [0.4, 0.5) is 0 Å². The zero-order valence-corrected chi connectivity index (χ0v) is 16.9. The molecule has 2 aliphatic heterocycles. The number of hydrogen-bond acceptors (Lipinski definition) is 3. The smallest absolute Gasteiger partial charge is 0.222 e. The van der Waals surface area contributed by atoms with Gasteiger partial charge in [0.05, 0.1) is 12.0 Å². The molecule has 2 rings (SSSR count). The van der Waals surface area contributed by atoms with E-state index in [1.165, 1.54) is 11.3 Å². The second kappa shape index (κ2) is 5.60. The van der Waals surface area contributed by atoms with Crippen LogP contribution in [0.2, 0.25) is 0 Å². The minimum atomic E-state index is -0.203. The summed E-state index contributed by atoms with van der Waals surface area (Å²) in [6, 6.07) is 0.129. The first kappa shape index (κ1) is 19.0. The van der Waals surface area contributed by atoms with E-state index in [1.807, 2.05) is 0 Å². The number of hydrogen-bond donors (Lipinski definition) is 1. The Morgan fingerprint density at radius 3 is 1.96 bits per heavy atom. The Morgan fingerprint density at radius 1 is 1.04 bits per heavy atom. The van der Waals surface area contributed by atoms with Gasteiger partial charge in [0, 0.05) is 24.1 Å². The molecule has 0 unspecified atom stereocenters. The topological polar surface area (TPSA) is 58.7 Å². The Morgan fingerprint density at radius 2 is 1.58 bits per heavy atom. The summed E-state index contributed by atoms with van der Waals surface area (Å²) in [5.41, 5.74) is 8.28. The van der Waals surface area contributed by atoms with Crippen molar-refractivity contribution >= 4 is 11.7 Å². The fourth-order valence-electron chi connectivity index (χ4n) is 3.88. The first-order valence-electron chi connectivity index (χ1n) is 9.02. The number of carbonyl (C=O) groups excluding carboxylic acids is 1. The lowest BCUT2D eigenvalue weighted by Crippen LogP contribution is -2.47. The maximum atomic E-state index is 11.9. The number of nitrogens with zero attached hydrogens (tertiary/aromatic N) is 2. The highest BCUT2D eigenvalue weighted by Gasteiger charge is 2.47. The minimum absolute atomic E-state index is 0.00494. The van der Waals surface area contributed by atoms with Crippen LogP contribution in [0.5, 0.6) is 0 Å². The molecule has 0 radical (unpaired) electrons. The number of fused-ring (bicyclic) bond motifs is 1. The monoisotopic (exact) mass is 333 g/mol. The standard InChI is InChI=1S/C20H35N3O/c1-18(2,3)14-13-10-12(16(21)24)11-23(13)17(20(7,8)9)22-15(14)19(4,5)6/h12,15H,10-11H2,1-9H3,(H2,21,24)/t12-,15+/m1/s1. The third-order valence-electron chi connectivity index (χ3n) is 4.96. The Labute approximate surface area is 147 Å². The zero-order valence-electron chi connectivity index (χ0n) is 16.9. The number of aliphatic imine (C=N–C) groups is 1. The summed E-state index contributed by atoms with van der Waals surface area (Å²) in [6.07, 6.45) is 0.740. The van der Waals surface area contributed by atoms with Gasteiger partial charge in [0.15, 0.2) is 0 Å². The van der Waals surface area contributed by atoms with Crippen molar-refractivity contribution < 1.29 is 4.79 Å². The fourth-order valence-corrected chi connectivity index (χ4v) is 3.88. The Kier molecular flexibility index (Phi) is 4.44. The Balaban J connectivity index is 2.69. The molecule has 136 valence electrons. The van der Waals surface area contributed by atoms with Gasteiger partial charge in [-0.3, -0.25) is 9.79 Å². The number of amidine groups is 1. The van der Waals surface area contributed by atoms with Crippen LogP contribution in [-0.4, -0.2) is 29.2 Å². The van der Waals surface area contributed by atoms with Crippen molar-refractivity contribution in [1.29, 1.82) is 0 Å². The van der Waals surface area contributed by atoms with Crippen LogP contribution in [0.15, 0.2) is 16.3 Å². The number of carbonyl (C=O) groups is 1. The van der Waals surface area contributed by atoms with E-state index in [2.05, 4.69) is 67.2 Å². The van der Waals surface area contributed by atoms with Crippen LogP contribution < -0.4 is 5.73 Å². The van der Waals surface area contributed by atoms with E-state index in [9.17, 15) is 4.79 Å². The molecule has 24 heavy (non-hydrogen) atoms. The van der Waals surface area contributed by atoms with Gasteiger partial charge in [-0.1, -0.05) is 62.3 Å². The highest BCUT2D eigenvalue weighted by molar-refractivity contribution is 5.92. The summed E-state index contributed by atoms with van der Waals surface area (Å²) in [4.78, 5) is 19.4. The van der Waals surface area contributed by atoms with Gasteiger partial charge in [0.25, 0.3) is 0 Å². The van der Waals surface area contributed by atoms with Crippen LogP contribution in [0.1, 0.15) is 68.7 Å². The molecule has 0 aromatic rings. The molecule has 2 aliphatic rings. The summed E-state index contributed by atoms with van der Waals surface area (Å²) in [5.74, 6) is 0.767. The first-order valence-corrected chi connectivity index (χ1v) is 9.02. The van der Waals surface area contributed by atoms with E-state index in [0.29, 0.717) is 6.54 Å². The summed E-state index contributed by atoms with van der Waals surface area (Å²) < 4.78 is 0. The molecular formula is C20H35N3O. The van der Waals surface area contributed by atoms with Crippen LogP contribution in [-0.2, 0) is 4.79 Å². The SMILES string of the molecule is CC(C)(C)C1=N[C@H](C(C)(C)C)C(C(C)(C)C)=C2C[C@@H](C(N)=O)CN12. The van der Waals surface area contributed by atoms with Crippen LogP contribution in [0.3, 0.4) is 0 Å². The third kappa shape index (κ3) is 3.38. The third-order valence-corrected chi connectivity index (χ3v) is 4.96. The van der Waals surface area contributed by atoms with Crippen molar-refractivity contribution in [3.8, 4) is 0 Å². The molecule has 4 heteroatoms. The number of amides is 1. The van der Waals surface area contributed by atoms with E-state index in [-0.39, 0.29) is 34.1 Å². The van der Waals surface area contributed by atoms with Crippen molar-refractivity contribution in [3.05, 3.63) is 11.3 Å². The summed E-state index contributed by atoms with van der Waals surface area (Å²) >= 11 is 0. The van der Waals surface area contributed by atoms with Gasteiger partial charge in [0.2, 0.25) is 5.91 Å². The van der Waals surface area contributed by atoms with Crippen molar-refractivity contribution in [2.45, 2.75) is 74.8 Å². The van der Waals surface area contributed by atoms with Gasteiger partial charge in [-0.25, -0.2) is 0 Å². The summed E-state index contributed by atoms with van der Waals surface area (Å²) in [5, 5.41) is 0. The number of primary amides is 1. The second-order valence-corrected chi connectivity index (χ2v) is 10.5. The fraction of sp³-hybridized carbons (Fsp3) is 0.800. The van der Waals surface area contributed by atoms with Crippen molar-refractivity contribution in [2.75, 3.05) is 6.54 Å². The lowest BCUT2D eigenvalue weighted by atomic mass is 9.70. The normalized spacial score (nSPS) is 25.7. The molecule has 1 amide bonds. The predicted molar refractivity (Wildman–Crippen MR) is 101 cm³/mol. The van der Waals surface area contributed by atoms with Gasteiger partial charge < -0.3 is 10.6 Å². The number of rotatable bonds is 1. The zero-order chi connectivity index (χ0) is 18.7. The molecule has 1 fully saturated rings. The first-order chi connectivity index (χ1) is 10.6. The van der Waals surface area contributed by atoms with Gasteiger partial charge >= 0.3 is 0 Å². The number of nitrogens with two attached hydrogens (primary N) is 1. The molecule has 4 nitrogen and oxygen atoms in total. The molecular weight excluding hydrogens is 298 g/mol. The number of allylic oxidation sites excluding steroid dienone is 1. The lowest BCUT2D eigenvalue weighted by molar-refractivity contribution is -0.121. The Hall–Kier alpha value is -1.32. The molecule has 2 heterocycles. The quantitative estimate of drug-likeness (QED) is 0.789. The highest BCUT2D eigenvalue weighted by atomic mass is 16.1. The van der Waals surface area contributed by atoms with Crippen LogP contribution in [0.25, 0.3) is 0 Å². The lowest BCUT2D eigenvalue weighted by Gasteiger charge is -2.45. The predicted octanol–water partition coefficient (Wildman–Crippen LogP) is 3.97. The molecule has 0 aromatic heterocycles. The van der Waals surface area contributed by atoms with Crippen molar-refractivity contribution in [1.82, 2.24) is 4.90 Å². The average molecular weight is 334 g/mol. The maximum absolute atomic E-state index is 11.9. The van der Waals surface area contributed by atoms with Crippen LogP contribution >= 0.6 is 0 Å². The molecule has 1 saturated heterocycles. The highest BCUT2D eigenvalue weighted by Crippen LogP contribution is 2.48. The summed E-state index contributed by atoms with van der Waals surface area (Å²) in [7, 11) is 0. The van der Waals surface area contributed by atoms with E-state index < -0.39 is 0 Å². The van der Waals surface area contributed by atoms with Gasteiger partial charge in [0.1, 0.15) is 5.84 Å². The van der Waals surface area contributed by atoms with E-state index in [0.717, 1.165) is 12.3 Å². The molecule has 0 saturated carbocycles. The molecule has 0 spiro atoms. The van der Waals surface area contributed by atoms with Gasteiger partial charge in [-0.05, 0) is 16.4 Å². The molecule has 2 N–H and O–H groups in total. The average Bonchev–Trinajstić information content (AvgIpc) is 2.76. The van der Waals surface area contributed by atoms with Crippen LogP contribution in [0, 0.1) is 22.2 Å². The largest absolute Gasteiger partial charge is 0.369 e.